The maximum atomic E-state index is 13.0. The monoisotopic (exact) mass is 374 g/mol. The number of pyridine rings is 1. The number of urea groups is 1. The van der Waals surface area contributed by atoms with Crippen LogP contribution in [0.3, 0.4) is 0 Å². The van der Waals surface area contributed by atoms with Gasteiger partial charge in [0.25, 0.3) is 5.56 Å². The highest BCUT2D eigenvalue weighted by atomic mass is 16.2. The summed E-state index contributed by atoms with van der Waals surface area (Å²) in [5.74, 6) is -0.0459. The van der Waals surface area contributed by atoms with Crippen molar-refractivity contribution in [2.45, 2.75) is 64.6 Å². The Kier molecular flexibility index (Phi) is 5.06. The Morgan fingerprint density at radius 2 is 1.89 bits per heavy atom. The first-order valence-electron chi connectivity index (χ1n) is 9.71. The van der Waals surface area contributed by atoms with Crippen LogP contribution in [0, 0.1) is 5.92 Å². The first kappa shape index (κ1) is 19.5. The van der Waals surface area contributed by atoms with Crippen molar-refractivity contribution in [2.75, 3.05) is 18.9 Å². The lowest BCUT2D eigenvalue weighted by molar-refractivity contribution is -0.117. The lowest BCUT2D eigenvalue weighted by atomic mass is 9.88. The van der Waals surface area contributed by atoms with Crippen molar-refractivity contribution in [3.63, 3.8) is 0 Å². The van der Waals surface area contributed by atoms with E-state index in [0.717, 1.165) is 19.3 Å². The Morgan fingerprint density at radius 3 is 2.48 bits per heavy atom. The molecule has 148 valence electrons. The maximum Gasteiger partial charge on any atom is 0.320 e. The number of rotatable bonds is 5. The average molecular weight is 374 g/mol. The molecule has 1 unspecified atom stereocenters. The zero-order valence-electron chi connectivity index (χ0n) is 16.9. The van der Waals surface area contributed by atoms with Crippen LogP contribution in [0.15, 0.2) is 23.1 Å². The van der Waals surface area contributed by atoms with Crippen LogP contribution in [0.4, 0.5) is 10.5 Å². The molecule has 1 saturated heterocycles. The Morgan fingerprint density at radius 1 is 1.22 bits per heavy atom. The quantitative estimate of drug-likeness (QED) is 0.860. The number of nitrogens with one attached hydrogen (secondary N) is 1. The number of carbonyl (C=O) groups excluding carboxylic acids is 2. The molecule has 2 heterocycles. The molecule has 1 atom stereocenters. The summed E-state index contributed by atoms with van der Waals surface area (Å²) in [6.07, 6.45) is 4.29. The van der Waals surface area contributed by atoms with E-state index in [9.17, 15) is 14.4 Å². The van der Waals surface area contributed by atoms with E-state index in [-0.39, 0.29) is 35.5 Å². The zero-order valence-corrected chi connectivity index (χ0v) is 16.9. The number of amides is 3. The lowest BCUT2D eigenvalue weighted by Crippen LogP contribution is -2.62. The van der Waals surface area contributed by atoms with Crippen molar-refractivity contribution in [2.24, 2.45) is 5.92 Å². The van der Waals surface area contributed by atoms with E-state index in [4.69, 9.17) is 0 Å². The third kappa shape index (κ3) is 3.59. The van der Waals surface area contributed by atoms with E-state index >= 15 is 0 Å². The van der Waals surface area contributed by atoms with Gasteiger partial charge in [-0.15, -0.1) is 0 Å². The molecule has 3 rings (SSSR count). The molecule has 0 aromatic carbocycles. The fraction of sp³-hybridized carbons (Fsp3) is 0.650. The van der Waals surface area contributed by atoms with Crippen LogP contribution in [-0.4, -0.2) is 52.0 Å². The van der Waals surface area contributed by atoms with Gasteiger partial charge in [-0.2, -0.15) is 0 Å². The third-order valence-corrected chi connectivity index (χ3v) is 5.87. The van der Waals surface area contributed by atoms with Crippen LogP contribution in [0.2, 0.25) is 0 Å². The Labute approximate surface area is 160 Å². The average Bonchev–Trinajstić information content (AvgIpc) is 3.43. The lowest BCUT2D eigenvalue weighted by Gasteiger charge is -2.48. The largest absolute Gasteiger partial charge is 0.322 e. The standard InChI is InChI=1S/C20H30N4O3/c1-13(2)23-12-10-16(22(5)19(23)27)20(3,4)24-11-6-7-15(18(24)26)21-17(25)14-8-9-14/h6-7,11,13-14,16H,8-10,12H2,1-5H3,(H,21,25). The van der Waals surface area contributed by atoms with E-state index in [1.165, 1.54) is 0 Å². The number of likely N-dealkylation sites (N-methyl/N-ethyl adjacent to an activating group) is 1. The fourth-order valence-corrected chi connectivity index (χ4v) is 3.98. The van der Waals surface area contributed by atoms with Crippen molar-refractivity contribution < 1.29 is 9.59 Å². The summed E-state index contributed by atoms with van der Waals surface area (Å²) in [4.78, 5) is 41.4. The summed E-state index contributed by atoms with van der Waals surface area (Å²) in [6.45, 7) is 8.63. The highest BCUT2D eigenvalue weighted by Crippen LogP contribution is 2.31. The molecule has 7 heteroatoms. The number of hydrogen-bond donors (Lipinski definition) is 1. The van der Waals surface area contributed by atoms with E-state index < -0.39 is 5.54 Å². The predicted octanol–water partition coefficient (Wildman–Crippen LogP) is 2.47. The second-order valence-electron chi connectivity index (χ2n) is 8.50. The molecule has 2 aliphatic rings. The minimum absolute atomic E-state index is 0.0134. The van der Waals surface area contributed by atoms with E-state index in [0.29, 0.717) is 12.2 Å². The number of hydrogen-bond acceptors (Lipinski definition) is 3. The summed E-state index contributed by atoms with van der Waals surface area (Å²) < 4.78 is 1.65. The van der Waals surface area contributed by atoms with Crippen LogP contribution >= 0.6 is 0 Å². The molecule has 1 aromatic heterocycles. The van der Waals surface area contributed by atoms with E-state index in [1.54, 1.807) is 34.8 Å². The number of aromatic nitrogens is 1. The molecule has 1 N–H and O–H groups in total. The normalized spacial score (nSPS) is 21.0. The summed E-state index contributed by atoms with van der Waals surface area (Å²) >= 11 is 0. The molecule has 3 amide bonds. The van der Waals surface area contributed by atoms with Gasteiger partial charge in [0, 0.05) is 31.7 Å². The Hall–Kier alpha value is -2.31. The molecule has 0 spiro atoms. The molecule has 1 aliphatic heterocycles. The SMILES string of the molecule is CC(C)N1CCC(C(C)(C)n2cccc(NC(=O)C3CC3)c2=O)N(C)C1=O. The van der Waals surface area contributed by atoms with Gasteiger partial charge in [0.05, 0.1) is 11.6 Å². The van der Waals surface area contributed by atoms with Crippen molar-refractivity contribution >= 4 is 17.6 Å². The Balaban J connectivity index is 1.87. The van der Waals surface area contributed by atoms with Crippen LogP contribution in [0.1, 0.15) is 47.0 Å². The van der Waals surface area contributed by atoms with Crippen LogP contribution in [0.5, 0.6) is 0 Å². The number of nitrogens with zero attached hydrogens (tertiary/aromatic N) is 3. The van der Waals surface area contributed by atoms with Crippen molar-refractivity contribution in [3.8, 4) is 0 Å². The summed E-state index contributed by atoms with van der Waals surface area (Å²) in [7, 11) is 1.80. The van der Waals surface area contributed by atoms with E-state index in [2.05, 4.69) is 5.32 Å². The molecule has 0 radical (unpaired) electrons. The molecule has 1 aliphatic carbocycles. The molecule has 0 bridgehead atoms. The zero-order chi connectivity index (χ0) is 19.9. The van der Waals surface area contributed by atoms with Crippen LogP contribution in [0.25, 0.3) is 0 Å². The van der Waals surface area contributed by atoms with Crippen LogP contribution < -0.4 is 10.9 Å². The highest BCUT2D eigenvalue weighted by molar-refractivity contribution is 5.93. The highest BCUT2D eigenvalue weighted by Gasteiger charge is 2.42. The second-order valence-corrected chi connectivity index (χ2v) is 8.50. The van der Waals surface area contributed by atoms with Gasteiger partial charge in [-0.3, -0.25) is 9.59 Å². The van der Waals surface area contributed by atoms with Gasteiger partial charge in [0.1, 0.15) is 5.69 Å². The summed E-state index contributed by atoms with van der Waals surface area (Å²) in [5, 5.41) is 2.77. The Bertz CT molecular complexity index is 795. The molecule has 7 nitrogen and oxygen atoms in total. The fourth-order valence-electron chi connectivity index (χ4n) is 3.98. The minimum atomic E-state index is -0.606. The van der Waals surface area contributed by atoms with Gasteiger partial charge in [-0.1, -0.05) is 0 Å². The second kappa shape index (κ2) is 7.02. The van der Waals surface area contributed by atoms with Crippen molar-refractivity contribution in [3.05, 3.63) is 28.7 Å². The van der Waals surface area contributed by atoms with Gasteiger partial charge < -0.3 is 19.7 Å². The number of carbonyl (C=O) groups is 2. The topological polar surface area (TPSA) is 74.7 Å². The first-order chi connectivity index (χ1) is 12.6. The summed E-state index contributed by atoms with van der Waals surface area (Å²) in [6, 6.07) is 3.43. The molecule has 1 saturated carbocycles. The van der Waals surface area contributed by atoms with Crippen molar-refractivity contribution in [1.82, 2.24) is 14.4 Å². The van der Waals surface area contributed by atoms with Gasteiger partial charge >= 0.3 is 6.03 Å². The molecule has 2 fully saturated rings. The van der Waals surface area contributed by atoms with Gasteiger partial charge in [0.15, 0.2) is 0 Å². The molecular formula is C20H30N4O3. The van der Waals surface area contributed by atoms with Crippen LogP contribution in [-0.2, 0) is 10.3 Å². The summed E-state index contributed by atoms with van der Waals surface area (Å²) in [5.41, 5.74) is -0.537. The third-order valence-electron chi connectivity index (χ3n) is 5.87. The first-order valence-corrected chi connectivity index (χ1v) is 9.71. The van der Waals surface area contributed by atoms with Gasteiger partial charge in [0.2, 0.25) is 5.91 Å². The van der Waals surface area contributed by atoms with Crippen molar-refractivity contribution in [1.29, 1.82) is 0 Å². The van der Waals surface area contributed by atoms with Gasteiger partial charge in [-0.25, -0.2) is 4.79 Å². The van der Waals surface area contributed by atoms with Gasteiger partial charge in [-0.05, 0) is 59.1 Å². The van der Waals surface area contributed by atoms with E-state index in [1.807, 2.05) is 32.6 Å². The molecule has 27 heavy (non-hydrogen) atoms. The minimum Gasteiger partial charge on any atom is -0.322 e. The molecule has 1 aromatic rings. The molecular weight excluding hydrogens is 344 g/mol. The predicted molar refractivity (Wildman–Crippen MR) is 105 cm³/mol. The maximum absolute atomic E-state index is 13.0. The number of anilines is 1. The smallest absolute Gasteiger partial charge is 0.320 e.